The maximum Gasteiger partial charge on any atom is 0.429 e. The van der Waals surface area contributed by atoms with E-state index in [1.54, 1.807) is 30.3 Å². The minimum atomic E-state index is -4.06. The summed E-state index contributed by atoms with van der Waals surface area (Å²) >= 11 is 0. The van der Waals surface area contributed by atoms with Crippen LogP contribution in [-0.4, -0.2) is 14.5 Å². The van der Waals surface area contributed by atoms with Gasteiger partial charge in [-0.25, -0.2) is 13.2 Å². The van der Waals surface area contributed by atoms with Crippen molar-refractivity contribution in [3.63, 3.8) is 0 Å². The van der Waals surface area contributed by atoms with Gasteiger partial charge in [-0.15, -0.1) is 0 Å². The van der Waals surface area contributed by atoms with Crippen LogP contribution < -0.4 is 4.31 Å². The lowest BCUT2D eigenvalue weighted by Crippen LogP contribution is -2.41. The van der Waals surface area contributed by atoms with Crippen LogP contribution in [-0.2, 0) is 14.8 Å². The number of carbonyl (C=O) groups excluding carboxylic acids is 1. The van der Waals surface area contributed by atoms with Gasteiger partial charge in [0.2, 0.25) is 0 Å². The van der Waals surface area contributed by atoms with E-state index in [9.17, 15) is 13.2 Å². The molecule has 24 heavy (non-hydrogen) atoms. The van der Waals surface area contributed by atoms with Crippen LogP contribution in [0.25, 0.3) is 0 Å². The van der Waals surface area contributed by atoms with Gasteiger partial charge in [0.1, 0.15) is 6.10 Å². The molecule has 2 aromatic carbocycles. The van der Waals surface area contributed by atoms with Gasteiger partial charge in [0.15, 0.2) is 0 Å². The van der Waals surface area contributed by atoms with Crippen molar-refractivity contribution in [3.05, 3.63) is 71.8 Å². The number of fused-ring (bicyclic) bond motifs is 1. The molecule has 1 unspecified atom stereocenters. The number of anilines is 1. The number of nitrogens with zero attached hydrogens (tertiary/aromatic N) is 1. The van der Waals surface area contributed by atoms with Crippen LogP contribution in [0.2, 0.25) is 0 Å². The normalized spacial score (nSPS) is 17.2. The van der Waals surface area contributed by atoms with E-state index in [0.29, 0.717) is 15.6 Å². The van der Waals surface area contributed by atoms with Crippen LogP contribution in [0.4, 0.5) is 10.5 Å². The first kappa shape index (κ1) is 16.3. The van der Waals surface area contributed by atoms with E-state index < -0.39 is 22.2 Å². The number of ether oxygens (including phenoxy) is 1. The van der Waals surface area contributed by atoms with Crippen molar-refractivity contribution in [2.75, 3.05) is 4.31 Å². The minimum Gasteiger partial charge on any atom is -0.436 e. The maximum atomic E-state index is 13.0. The predicted octanol–water partition coefficient (Wildman–Crippen LogP) is 3.88. The Morgan fingerprint density at radius 3 is 2.33 bits per heavy atom. The summed E-state index contributed by atoms with van der Waals surface area (Å²) in [4.78, 5) is 12.4. The summed E-state index contributed by atoms with van der Waals surface area (Å²) in [5, 5.41) is 0. The molecule has 0 spiro atoms. The largest absolute Gasteiger partial charge is 0.436 e. The number of cyclic esters (lactones) is 1. The second kappa shape index (κ2) is 5.79. The molecule has 1 amide bonds. The van der Waals surface area contributed by atoms with E-state index in [1.807, 2.05) is 13.8 Å². The molecule has 0 N–H and O–H groups in total. The van der Waals surface area contributed by atoms with Crippen LogP contribution in [0.15, 0.2) is 60.0 Å². The molecular formula is C18H17NO4S. The molecule has 0 aromatic heterocycles. The zero-order valence-corrected chi connectivity index (χ0v) is 14.2. The first-order valence-electron chi connectivity index (χ1n) is 7.40. The summed E-state index contributed by atoms with van der Waals surface area (Å²) in [6.45, 7) is 7.40. The van der Waals surface area contributed by atoms with Crippen molar-refractivity contribution in [2.45, 2.75) is 24.8 Å². The number of amides is 1. The van der Waals surface area contributed by atoms with Crippen molar-refractivity contribution in [2.24, 2.45) is 0 Å². The zero-order chi connectivity index (χ0) is 17.5. The third-order valence-electron chi connectivity index (χ3n) is 3.88. The molecule has 3 rings (SSSR count). The SMILES string of the molecule is C=CC1OC(=O)N(S(=O)(=O)c2ccc(C)cc2)c2ccc(C)cc21. The Labute approximate surface area is 141 Å². The summed E-state index contributed by atoms with van der Waals surface area (Å²) in [6.07, 6.45) is -0.125. The second-order valence-electron chi connectivity index (χ2n) is 5.68. The van der Waals surface area contributed by atoms with Gasteiger partial charge in [-0.05, 0) is 44.2 Å². The molecule has 0 radical (unpaired) electrons. The van der Waals surface area contributed by atoms with E-state index in [2.05, 4.69) is 6.58 Å². The molecule has 0 saturated carbocycles. The summed E-state index contributed by atoms with van der Waals surface area (Å²) in [7, 11) is -4.06. The Bertz CT molecular complexity index is 917. The minimum absolute atomic E-state index is 0.0358. The quantitative estimate of drug-likeness (QED) is 0.794. The summed E-state index contributed by atoms with van der Waals surface area (Å²) in [5.41, 5.74) is 2.76. The van der Waals surface area contributed by atoms with Crippen molar-refractivity contribution in [3.8, 4) is 0 Å². The Hall–Kier alpha value is -2.60. The second-order valence-corrected chi connectivity index (χ2v) is 7.47. The molecule has 0 fully saturated rings. The van der Waals surface area contributed by atoms with Gasteiger partial charge in [0.25, 0.3) is 10.0 Å². The number of carbonyl (C=O) groups is 1. The monoisotopic (exact) mass is 343 g/mol. The molecule has 124 valence electrons. The van der Waals surface area contributed by atoms with Crippen molar-refractivity contribution in [1.82, 2.24) is 0 Å². The number of benzene rings is 2. The Morgan fingerprint density at radius 2 is 1.71 bits per heavy atom. The molecule has 1 aliphatic rings. The molecule has 5 nitrogen and oxygen atoms in total. The zero-order valence-electron chi connectivity index (χ0n) is 13.4. The van der Waals surface area contributed by atoms with Crippen LogP contribution >= 0.6 is 0 Å². The van der Waals surface area contributed by atoms with Gasteiger partial charge in [-0.2, -0.15) is 4.31 Å². The van der Waals surface area contributed by atoms with Crippen LogP contribution in [0.3, 0.4) is 0 Å². The lowest BCUT2D eigenvalue weighted by atomic mass is 10.0. The van der Waals surface area contributed by atoms with E-state index in [1.165, 1.54) is 18.2 Å². The number of hydrogen-bond donors (Lipinski definition) is 0. The summed E-state index contributed by atoms with van der Waals surface area (Å²) in [5.74, 6) is 0. The highest BCUT2D eigenvalue weighted by Crippen LogP contribution is 2.38. The van der Waals surface area contributed by atoms with Gasteiger partial charge in [0, 0.05) is 5.56 Å². The van der Waals surface area contributed by atoms with Crippen LogP contribution in [0.5, 0.6) is 0 Å². The molecule has 2 aromatic rings. The van der Waals surface area contributed by atoms with E-state index in [4.69, 9.17) is 4.74 Å². The van der Waals surface area contributed by atoms with E-state index in [-0.39, 0.29) is 4.90 Å². The molecular weight excluding hydrogens is 326 g/mol. The molecule has 0 aliphatic carbocycles. The van der Waals surface area contributed by atoms with Crippen molar-refractivity contribution < 1.29 is 17.9 Å². The highest BCUT2D eigenvalue weighted by Gasteiger charge is 2.39. The third-order valence-corrected chi connectivity index (χ3v) is 5.57. The Balaban J connectivity index is 2.18. The van der Waals surface area contributed by atoms with Crippen LogP contribution in [0, 0.1) is 13.8 Å². The number of hydrogen-bond acceptors (Lipinski definition) is 4. The Kier molecular flexibility index (Phi) is 3.93. The fourth-order valence-corrected chi connectivity index (χ4v) is 3.98. The van der Waals surface area contributed by atoms with Gasteiger partial charge >= 0.3 is 6.09 Å². The summed E-state index contributed by atoms with van der Waals surface area (Å²) < 4.78 is 31.9. The lowest BCUT2D eigenvalue weighted by molar-refractivity contribution is 0.126. The van der Waals surface area contributed by atoms with Gasteiger partial charge in [-0.1, -0.05) is 35.9 Å². The predicted molar refractivity (Wildman–Crippen MR) is 91.4 cm³/mol. The number of aryl methyl sites for hydroxylation is 2. The summed E-state index contributed by atoms with van der Waals surface area (Å²) in [6, 6.07) is 11.5. The number of rotatable bonds is 3. The van der Waals surface area contributed by atoms with Crippen molar-refractivity contribution >= 4 is 21.8 Å². The average molecular weight is 343 g/mol. The van der Waals surface area contributed by atoms with Gasteiger partial charge in [-0.3, -0.25) is 0 Å². The van der Waals surface area contributed by atoms with Gasteiger partial charge < -0.3 is 4.74 Å². The average Bonchev–Trinajstić information content (AvgIpc) is 2.54. The topological polar surface area (TPSA) is 63.7 Å². The van der Waals surface area contributed by atoms with Crippen LogP contribution in [0.1, 0.15) is 22.8 Å². The maximum absolute atomic E-state index is 13.0. The molecule has 1 heterocycles. The molecule has 6 heteroatoms. The highest BCUT2D eigenvalue weighted by atomic mass is 32.2. The molecule has 0 saturated heterocycles. The van der Waals surface area contributed by atoms with Gasteiger partial charge in [0.05, 0.1) is 10.6 Å². The van der Waals surface area contributed by atoms with Crippen molar-refractivity contribution in [1.29, 1.82) is 0 Å². The fraction of sp³-hybridized carbons (Fsp3) is 0.167. The van der Waals surface area contributed by atoms with E-state index in [0.717, 1.165) is 11.1 Å². The first-order chi connectivity index (χ1) is 11.3. The highest BCUT2D eigenvalue weighted by molar-refractivity contribution is 7.93. The lowest BCUT2D eigenvalue weighted by Gasteiger charge is -2.32. The molecule has 1 aliphatic heterocycles. The standard InChI is InChI=1S/C18H17NO4S/c1-4-17-15-11-13(3)7-10-16(15)19(18(20)23-17)24(21,22)14-8-5-12(2)6-9-14/h4-11,17H,1H2,2-3H3. The Morgan fingerprint density at radius 1 is 1.08 bits per heavy atom. The first-order valence-corrected chi connectivity index (χ1v) is 8.84. The molecule has 1 atom stereocenters. The smallest absolute Gasteiger partial charge is 0.429 e. The molecule has 0 bridgehead atoms. The van der Waals surface area contributed by atoms with E-state index >= 15 is 0 Å². The fourth-order valence-electron chi connectivity index (χ4n) is 2.62. The number of sulfonamides is 1. The third kappa shape index (κ3) is 2.59.